The molecule has 1 aromatic heterocycles. The van der Waals surface area contributed by atoms with E-state index in [1.54, 1.807) is 12.3 Å². The van der Waals surface area contributed by atoms with E-state index in [9.17, 15) is 4.79 Å². The molecule has 0 bridgehead atoms. The summed E-state index contributed by atoms with van der Waals surface area (Å²) in [5, 5.41) is 0. The van der Waals surface area contributed by atoms with E-state index in [0.29, 0.717) is 12.0 Å². The van der Waals surface area contributed by atoms with Crippen molar-refractivity contribution in [2.45, 2.75) is 20.3 Å². The van der Waals surface area contributed by atoms with E-state index >= 15 is 0 Å². The molecule has 64 valence electrons. The Hall–Kier alpha value is -1.38. The third kappa shape index (κ3) is 1.61. The van der Waals surface area contributed by atoms with Gasteiger partial charge in [-0.15, -0.1) is 0 Å². The van der Waals surface area contributed by atoms with Crippen LogP contribution in [0.3, 0.4) is 0 Å². The highest BCUT2D eigenvalue weighted by Crippen LogP contribution is 2.00. The number of pyridine rings is 1. The quantitative estimate of drug-likeness (QED) is 0.396. The lowest BCUT2D eigenvalue weighted by atomic mass is 10.1. The van der Waals surface area contributed by atoms with Crippen molar-refractivity contribution < 1.29 is 9.47 Å². The Morgan fingerprint density at radius 1 is 1.58 bits per heavy atom. The highest BCUT2D eigenvalue weighted by molar-refractivity contribution is 5.95. The van der Waals surface area contributed by atoms with Gasteiger partial charge in [-0.25, -0.2) is 5.84 Å². The molecule has 3 heteroatoms. The molecule has 1 aromatic rings. The van der Waals surface area contributed by atoms with Crippen molar-refractivity contribution in [2.75, 3.05) is 5.84 Å². The highest BCUT2D eigenvalue weighted by Gasteiger charge is 2.09. The van der Waals surface area contributed by atoms with E-state index in [0.717, 1.165) is 5.69 Å². The van der Waals surface area contributed by atoms with Crippen LogP contribution in [-0.4, -0.2) is 5.78 Å². The average Bonchev–Trinajstić information content (AvgIpc) is 2.08. The molecule has 0 aliphatic heterocycles. The lowest BCUT2D eigenvalue weighted by Crippen LogP contribution is -2.47. The van der Waals surface area contributed by atoms with Crippen LogP contribution in [0.1, 0.15) is 29.4 Å². The molecule has 0 spiro atoms. The molecule has 0 unspecified atom stereocenters. The van der Waals surface area contributed by atoms with Gasteiger partial charge < -0.3 is 0 Å². The minimum atomic E-state index is 0.120. The van der Waals surface area contributed by atoms with Crippen LogP contribution in [0, 0.1) is 6.92 Å². The molecule has 0 atom stereocenters. The molecule has 3 nitrogen and oxygen atoms in total. The molecule has 0 aliphatic rings. The second kappa shape index (κ2) is 3.34. The summed E-state index contributed by atoms with van der Waals surface area (Å²) in [5.41, 5.74) is 1.60. The molecule has 0 saturated heterocycles. The van der Waals surface area contributed by atoms with Gasteiger partial charge in [-0.1, -0.05) is 11.6 Å². The van der Waals surface area contributed by atoms with Crippen LogP contribution in [0.25, 0.3) is 0 Å². The van der Waals surface area contributed by atoms with Crippen molar-refractivity contribution in [3.05, 3.63) is 29.6 Å². The number of hydrogen-bond acceptors (Lipinski definition) is 2. The Bertz CT molecular complexity index is 307. The standard InChI is InChI=1S/C9H13N2O/c1-3-9(12)8-5-4-7(2)11(10)6-8/h4-6H,3,10H2,1-2H3/q+1. The van der Waals surface area contributed by atoms with E-state index in [2.05, 4.69) is 0 Å². The van der Waals surface area contributed by atoms with Crippen LogP contribution in [-0.2, 0) is 0 Å². The normalized spacial score (nSPS) is 9.83. The Morgan fingerprint density at radius 2 is 2.25 bits per heavy atom. The number of hydrogen-bond donors (Lipinski definition) is 1. The SMILES string of the molecule is CCC(=O)c1ccc(C)[n+](N)c1. The number of nitrogen functional groups attached to an aromatic ring is 1. The zero-order valence-corrected chi connectivity index (χ0v) is 7.37. The van der Waals surface area contributed by atoms with Crippen molar-refractivity contribution in [3.8, 4) is 0 Å². The van der Waals surface area contributed by atoms with Crippen LogP contribution in [0.4, 0.5) is 0 Å². The van der Waals surface area contributed by atoms with Gasteiger partial charge in [-0.2, -0.15) is 0 Å². The molecular formula is C9H13N2O+. The number of nitrogens with two attached hydrogens (primary N) is 1. The topological polar surface area (TPSA) is 47.0 Å². The first kappa shape index (κ1) is 8.71. The van der Waals surface area contributed by atoms with E-state index in [1.807, 2.05) is 19.9 Å². The van der Waals surface area contributed by atoms with Crippen molar-refractivity contribution in [2.24, 2.45) is 0 Å². The zero-order chi connectivity index (χ0) is 9.14. The summed E-state index contributed by atoms with van der Waals surface area (Å²) in [7, 11) is 0. The Morgan fingerprint density at radius 3 is 2.75 bits per heavy atom. The summed E-state index contributed by atoms with van der Waals surface area (Å²) in [6.07, 6.45) is 2.17. The van der Waals surface area contributed by atoms with Crippen molar-refractivity contribution in [1.82, 2.24) is 0 Å². The first-order valence-electron chi connectivity index (χ1n) is 3.95. The zero-order valence-electron chi connectivity index (χ0n) is 7.37. The lowest BCUT2D eigenvalue weighted by Gasteiger charge is -1.95. The Balaban J connectivity index is 3.05. The van der Waals surface area contributed by atoms with Gasteiger partial charge >= 0.3 is 0 Å². The van der Waals surface area contributed by atoms with Gasteiger partial charge in [0, 0.05) is 19.4 Å². The summed E-state index contributed by atoms with van der Waals surface area (Å²) in [6, 6.07) is 3.63. The smallest absolute Gasteiger partial charge is 0.210 e. The molecule has 0 aliphatic carbocycles. The number of aryl methyl sites for hydroxylation is 1. The fraction of sp³-hybridized carbons (Fsp3) is 0.333. The first-order chi connectivity index (χ1) is 5.65. The average molecular weight is 165 g/mol. The van der Waals surface area contributed by atoms with E-state index in [-0.39, 0.29) is 5.78 Å². The van der Waals surface area contributed by atoms with E-state index < -0.39 is 0 Å². The molecule has 0 radical (unpaired) electrons. The predicted molar refractivity (Wildman–Crippen MR) is 46.1 cm³/mol. The van der Waals surface area contributed by atoms with Gasteiger partial charge in [0.05, 0.1) is 5.56 Å². The number of carbonyl (C=O) groups is 1. The second-order valence-corrected chi connectivity index (χ2v) is 2.74. The number of carbonyl (C=O) groups excluding carboxylic acids is 1. The molecule has 12 heavy (non-hydrogen) atoms. The van der Waals surface area contributed by atoms with Crippen LogP contribution >= 0.6 is 0 Å². The molecule has 0 aromatic carbocycles. The van der Waals surface area contributed by atoms with Gasteiger partial charge in [0.2, 0.25) is 11.9 Å². The molecule has 1 heterocycles. The van der Waals surface area contributed by atoms with Crippen molar-refractivity contribution in [3.63, 3.8) is 0 Å². The molecule has 2 N–H and O–H groups in total. The number of nitrogens with zero attached hydrogens (tertiary/aromatic N) is 1. The number of rotatable bonds is 2. The van der Waals surface area contributed by atoms with Crippen LogP contribution in [0.15, 0.2) is 18.3 Å². The maximum atomic E-state index is 11.2. The molecule has 0 saturated carbocycles. The molecule has 1 rings (SSSR count). The van der Waals surface area contributed by atoms with Gasteiger partial charge in [0.15, 0.2) is 5.78 Å². The summed E-state index contributed by atoms with van der Waals surface area (Å²) in [4.78, 5) is 11.2. The van der Waals surface area contributed by atoms with Gasteiger partial charge in [-0.3, -0.25) is 4.79 Å². The Labute approximate surface area is 71.8 Å². The minimum absolute atomic E-state index is 0.120. The summed E-state index contributed by atoms with van der Waals surface area (Å²) < 4.78 is 1.46. The fourth-order valence-corrected chi connectivity index (χ4v) is 0.960. The first-order valence-corrected chi connectivity index (χ1v) is 3.95. The Kier molecular flexibility index (Phi) is 2.43. The number of aromatic nitrogens is 1. The van der Waals surface area contributed by atoms with Gasteiger partial charge in [-0.05, 0) is 6.07 Å². The predicted octanol–water partition coefficient (Wildman–Crippen LogP) is 0.589. The third-order valence-corrected chi connectivity index (χ3v) is 1.83. The second-order valence-electron chi connectivity index (χ2n) is 2.74. The molecule has 0 fully saturated rings. The highest BCUT2D eigenvalue weighted by atomic mass is 16.1. The van der Waals surface area contributed by atoms with Gasteiger partial charge in [0.25, 0.3) is 0 Å². The third-order valence-electron chi connectivity index (χ3n) is 1.83. The summed E-state index contributed by atoms with van der Waals surface area (Å²) >= 11 is 0. The largest absolute Gasteiger partial charge is 0.294 e. The maximum absolute atomic E-state index is 11.2. The maximum Gasteiger partial charge on any atom is 0.210 e. The van der Waals surface area contributed by atoms with Crippen molar-refractivity contribution in [1.29, 1.82) is 0 Å². The summed E-state index contributed by atoms with van der Waals surface area (Å²) in [6.45, 7) is 3.73. The fourth-order valence-electron chi connectivity index (χ4n) is 0.960. The molecular weight excluding hydrogens is 152 g/mol. The molecule has 0 amide bonds. The van der Waals surface area contributed by atoms with Crippen LogP contribution in [0.5, 0.6) is 0 Å². The number of ketones is 1. The summed E-state index contributed by atoms with van der Waals surface area (Å²) in [5.74, 6) is 5.70. The number of Topliss-reactive ketones (excluding diaryl/α,β-unsaturated/α-hetero) is 1. The van der Waals surface area contributed by atoms with Crippen LogP contribution in [0.2, 0.25) is 0 Å². The van der Waals surface area contributed by atoms with Gasteiger partial charge in [0.1, 0.15) is 0 Å². The van der Waals surface area contributed by atoms with E-state index in [4.69, 9.17) is 5.84 Å². The minimum Gasteiger partial charge on any atom is -0.294 e. The monoisotopic (exact) mass is 165 g/mol. The van der Waals surface area contributed by atoms with Crippen molar-refractivity contribution >= 4 is 5.78 Å². The lowest BCUT2D eigenvalue weighted by molar-refractivity contribution is -0.645. The van der Waals surface area contributed by atoms with Crippen LogP contribution < -0.4 is 10.5 Å². The van der Waals surface area contributed by atoms with E-state index in [1.165, 1.54) is 4.68 Å².